The van der Waals surface area contributed by atoms with Crippen molar-refractivity contribution in [2.24, 2.45) is 0 Å². The number of phenols is 1. The molecule has 70 valence electrons. The molecule has 5 heteroatoms. The van der Waals surface area contributed by atoms with Gasteiger partial charge in [0.2, 0.25) is 0 Å². The van der Waals surface area contributed by atoms with E-state index in [4.69, 9.17) is 5.11 Å². The second-order valence-electron chi connectivity index (χ2n) is 2.47. The summed E-state index contributed by atoms with van der Waals surface area (Å²) in [6.45, 7) is 1.26. The van der Waals surface area contributed by atoms with Gasteiger partial charge in [0.1, 0.15) is 5.75 Å². The number of Topliss-reactive ketones (excluding diaryl/α,β-unsaturated/α-hetero) is 1. The maximum absolute atomic E-state index is 10.9. The predicted molar refractivity (Wildman–Crippen MR) is 45.3 cm³/mol. The minimum atomic E-state index is -2.38. The van der Waals surface area contributed by atoms with Crippen molar-refractivity contribution in [2.45, 2.75) is 11.8 Å². The minimum Gasteiger partial charge on any atom is -0.768 e. The first-order chi connectivity index (χ1) is 6.02. The Balaban J connectivity index is 3.27. The monoisotopic (exact) mass is 199 g/mol. The van der Waals surface area contributed by atoms with Gasteiger partial charge in [-0.05, 0) is 36.2 Å². The molecule has 13 heavy (non-hydrogen) atoms. The highest BCUT2D eigenvalue weighted by molar-refractivity contribution is 7.79. The van der Waals surface area contributed by atoms with Crippen LogP contribution in [-0.2, 0) is 11.1 Å². The second kappa shape index (κ2) is 3.68. The maximum atomic E-state index is 10.9. The van der Waals surface area contributed by atoms with Gasteiger partial charge in [-0.2, -0.15) is 0 Å². The van der Waals surface area contributed by atoms with Crippen molar-refractivity contribution >= 4 is 16.9 Å². The molecule has 4 nitrogen and oxygen atoms in total. The lowest BCUT2D eigenvalue weighted by Crippen LogP contribution is -1.96. The van der Waals surface area contributed by atoms with E-state index in [1.54, 1.807) is 0 Å². The summed E-state index contributed by atoms with van der Waals surface area (Å²) in [5.74, 6) is -0.577. The van der Waals surface area contributed by atoms with E-state index in [2.05, 4.69) is 0 Å². The summed E-state index contributed by atoms with van der Waals surface area (Å²) < 4.78 is 21.0. The van der Waals surface area contributed by atoms with E-state index in [1.807, 2.05) is 0 Å². The van der Waals surface area contributed by atoms with Crippen LogP contribution in [0.3, 0.4) is 0 Å². The highest BCUT2D eigenvalue weighted by Gasteiger charge is 2.07. The Bertz CT molecular complexity index is 372. The highest BCUT2D eigenvalue weighted by atomic mass is 32.2. The van der Waals surface area contributed by atoms with E-state index in [0.29, 0.717) is 0 Å². The van der Waals surface area contributed by atoms with Crippen LogP contribution in [-0.4, -0.2) is 19.7 Å². The van der Waals surface area contributed by atoms with Crippen molar-refractivity contribution < 1.29 is 18.7 Å². The van der Waals surface area contributed by atoms with Gasteiger partial charge in [-0.15, -0.1) is 0 Å². The van der Waals surface area contributed by atoms with Gasteiger partial charge in [-0.3, -0.25) is 9.00 Å². The Morgan fingerprint density at radius 2 is 2.15 bits per heavy atom. The number of hydrogen-bond acceptors (Lipinski definition) is 4. The number of ketones is 1. The third kappa shape index (κ3) is 2.13. The second-order valence-corrected chi connectivity index (χ2v) is 3.41. The molecule has 0 aliphatic carbocycles. The van der Waals surface area contributed by atoms with Gasteiger partial charge in [0.05, 0.1) is 5.56 Å². The van der Waals surface area contributed by atoms with E-state index in [-0.39, 0.29) is 22.0 Å². The van der Waals surface area contributed by atoms with E-state index >= 15 is 0 Å². The first-order valence-electron chi connectivity index (χ1n) is 3.45. The van der Waals surface area contributed by atoms with Crippen molar-refractivity contribution in [3.63, 3.8) is 0 Å². The molecule has 0 spiro atoms. The molecule has 0 radical (unpaired) electrons. The number of benzene rings is 1. The lowest BCUT2D eigenvalue weighted by atomic mass is 10.1. The van der Waals surface area contributed by atoms with Crippen LogP contribution in [0.1, 0.15) is 17.3 Å². The van der Waals surface area contributed by atoms with Crippen LogP contribution in [0.15, 0.2) is 23.1 Å². The van der Waals surface area contributed by atoms with Crippen molar-refractivity contribution in [3.8, 4) is 5.75 Å². The van der Waals surface area contributed by atoms with Gasteiger partial charge in [0.25, 0.3) is 0 Å². The Labute approximate surface area is 77.5 Å². The third-order valence-electron chi connectivity index (χ3n) is 1.54. The molecular formula is C8H7O4S-. The standard InChI is InChI=1S/C8H8O4S/c1-5(9)7-4-6(13(11)12)2-3-8(7)10/h2-4,10H,1H3,(H,11,12)/p-1. The lowest BCUT2D eigenvalue weighted by Gasteiger charge is -2.07. The molecule has 1 atom stereocenters. The van der Waals surface area contributed by atoms with Crippen LogP contribution in [0.25, 0.3) is 0 Å². The number of rotatable bonds is 2. The first-order valence-corrected chi connectivity index (χ1v) is 4.53. The summed E-state index contributed by atoms with van der Waals surface area (Å²) in [6, 6.07) is 3.55. The molecule has 0 bridgehead atoms. The Hall–Kier alpha value is -1.20. The molecule has 0 heterocycles. The fourth-order valence-corrected chi connectivity index (χ4v) is 1.29. The smallest absolute Gasteiger partial charge is 0.163 e. The van der Waals surface area contributed by atoms with E-state index < -0.39 is 11.1 Å². The summed E-state index contributed by atoms with van der Waals surface area (Å²) in [4.78, 5) is 10.9. The Morgan fingerprint density at radius 3 is 2.62 bits per heavy atom. The average molecular weight is 199 g/mol. The molecule has 1 rings (SSSR count). The molecule has 0 aliphatic heterocycles. The van der Waals surface area contributed by atoms with Crippen molar-refractivity contribution in [3.05, 3.63) is 23.8 Å². The fraction of sp³-hybridized carbons (Fsp3) is 0.125. The normalized spacial score (nSPS) is 12.5. The van der Waals surface area contributed by atoms with Crippen molar-refractivity contribution in [1.29, 1.82) is 0 Å². The number of hydrogen-bond donors (Lipinski definition) is 1. The minimum absolute atomic E-state index is 0.0111. The van der Waals surface area contributed by atoms with Crippen LogP contribution in [0, 0.1) is 0 Å². The quantitative estimate of drug-likeness (QED) is 0.565. The zero-order valence-electron chi connectivity index (χ0n) is 6.81. The zero-order valence-corrected chi connectivity index (χ0v) is 7.63. The topological polar surface area (TPSA) is 77.4 Å². The van der Waals surface area contributed by atoms with Crippen LogP contribution in [0.4, 0.5) is 0 Å². The molecule has 0 saturated carbocycles. The number of phenolic OH excluding ortho intramolecular Hbond substituents is 1. The van der Waals surface area contributed by atoms with Gasteiger partial charge in [0.15, 0.2) is 5.78 Å². The summed E-state index contributed by atoms with van der Waals surface area (Å²) >= 11 is -2.38. The first kappa shape index (κ1) is 9.88. The number of aromatic hydroxyl groups is 1. The van der Waals surface area contributed by atoms with Crippen molar-refractivity contribution in [1.82, 2.24) is 0 Å². The summed E-state index contributed by atoms with van der Waals surface area (Å²) in [7, 11) is 0. The largest absolute Gasteiger partial charge is 0.768 e. The third-order valence-corrected chi connectivity index (χ3v) is 2.18. The molecule has 1 aromatic rings. The zero-order chi connectivity index (χ0) is 10.0. The van der Waals surface area contributed by atoms with Crippen molar-refractivity contribution in [2.75, 3.05) is 0 Å². The fourth-order valence-electron chi connectivity index (χ4n) is 0.901. The molecule has 1 unspecified atom stereocenters. The molecule has 0 fully saturated rings. The summed E-state index contributed by atoms with van der Waals surface area (Å²) in [6.07, 6.45) is 0. The van der Waals surface area contributed by atoms with E-state index in [9.17, 15) is 13.6 Å². The van der Waals surface area contributed by atoms with Gasteiger partial charge in [-0.25, -0.2) is 0 Å². The van der Waals surface area contributed by atoms with Gasteiger partial charge in [0, 0.05) is 4.90 Å². The van der Waals surface area contributed by atoms with E-state index in [1.165, 1.54) is 19.1 Å². The Morgan fingerprint density at radius 1 is 1.54 bits per heavy atom. The van der Waals surface area contributed by atoms with Gasteiger partial charge in [-0.1, -0.05) is 0 Å². The molecule has 0 aromatic heterocycles. The van der Waals surface area contributed by atoms with E-state index in [0.717, 1.165) is 6.07 Å². The number of carbonyl (C=O) groups is 1. The molecule has 1 N–H and O–H groups in total. The highest BCUT2D eigenvalue weighted by Crippen LogP contribution is 2.20. The SMILES string of the molecule is CC(=O)c1cc(S(=O)[O-])ccc1O. The molecule has 0 amide bonds. The molecular weight excluding hydrogens is 192 g/mol. The van der Waals surface area contributed by atoms with Crippen LogP contribution >= 0.6 is 0 Å². The average Bonchev–Trinajstić information content (AvgIpc) is 2.04. The van der Waals surface area contributed by atoms with Crippen LogP contribution < -0.4 is 0 Å². The van der Waals surface area contributed by atoms with Crippen LogP contribution in [0.2, 0.25) is 0 Å². The lowest BCUT2D eigenvalue weighted by molar-refractivity contribution is 0.101. The Kier molecular flexibility index (Phi) is 2.79. The number of carbonyl (C=O) groups excluding carboxylic acids is 1. The van der Waals surface area contributed by atoms with Gasteiger partial charge < -0.3 is 9.66 Å². The summed E-state index contributed by atoms with van der Waals surface area (Å²) in [5.41, 5.74) is 0.0155. The summed E-state index contributed by atoms with van der Waals surface area (Å²) in [5, 5.41) is 9.17. The van der Waals surface area contributed by atoms with Crippen LogP contribution in [0.5, 0.6) is 5.75 Å². The molecule has 0 saturated heterocycles. The predicted octanol–water partition coefficient (Wildman–Crippen LogP) is 0.833. The molecule has 1 aromatic carbocycles. The van der Waals surface area contributed by atoms with Gasteiger partial charge >= 0.3 is 0 Å². The maximum Gasteiger partial charge on any atom is 0.163 e. The molecule has 0 aliphatic rings.